The summed E-state index contributed by atoms with van der Waals surface area (Å²) in [5, 5.41) is 6.16. The average Bonchev–Trinajstić information content (AvgIpc) is 2.77. The van der Waals surface area contributed by atoms with Crippen molar-refractivity contribution < 1.29 is 9.53 Å². The summed E-state index contributed by atoms with van der Waals surface area (Å²) in [4.78, 5) is 15.8. The molecular weight excluding hydrogens is 218 g/mol. The molecule has 1 aliphatic heterocycles. The zero-order valence-electron chi connectivity index (χ0n) is 9.85. The number of pyridine rings is 1. The predicted molar refractivity (Wildman–Crippen MR) is 63.5 cm³/mol. The Morgan fingerprint density at radius 3 is 3.24 bits per heavy atom. The maximum absolute atomic E-state index is 11.8. The number of carbonyl (C=O) groups is 1. The molecule has 2 N–H and O–H groups in total. The van der Waals surface area contributed by atoms with Crippen LogP contribution in [-0.4, -0.2) is 43.2 Å². The first-order valence-corrected chi connectivity index (χ1v) is 5.71. The molecule has 1 aromatic rings. The first-order valence-electron chi connectivity index (χ1n) is 5.71. The van der Waals surface area contributed by atoms with Crippen LogP contribution < -0.4 is 10.6 Å². The van der Waals surface area contributed by atoms with Crippen LogP contribution in [-0.2, 0) is 16.0 Å². The van der Waals surface area contributed by atoms with Crippen molar-refractivity contribution in [2.75, 3.05) is 20.2 Å². The van der Waals surface area contributed by atoms with Gasteiger partial charge < -0.3 is 15.4 Å². The Morgan fingerprint density at radius 2 is 2.53 bits per heavy atom. The molecule has 17 heavy (non-hydrogen) atoms. The van der Waals surface area contributed by atoms with Gasteiger partial charge in [-0.1, -0.05) is 6.07 Å². The number of carbonyl (C=O) groups excluding carboxylic acids is 1. The largest absolute Gasteiger partial charge is 0.378 e. The van der Waals surface area contributed by atoms with Gasteiger partial charge in [-0.2, -0.15) is 0 Å². The smallest absolute Gasteiger partial charge is 0.224 e. The molecule has 5 nitrogen and oxygen atoms in total. The van der Waals surface area contributed by atoms with E-state index in [4.69, 9.17) is 4.74 Å². The average molecular weight is 235 g/mol. The van der Waals surface area contributed by atoms with Gasteiger partial charge in [-0.25, -0.2) is 0 Å². The van der Waals surface area contributed by atoms with Gasteiger partial charge in [-0.15, -0.1) is 0 Å². The second kappa shape index (κ2) is 5.75. The number of nitrogens with zero attached hydrogens (tertiary/aromatic N) is 1. The van der Waals surface area contributed by atoms with Gasteiger partial charge in [0.15, 0.2) is 0 Å². The second-order valence-electron chi connectivity index (χ2n) is 4.14. The third-order valence-electron chi connectivity index (χ3n) is 2.90. The van der Waals surface area contributed by atoms with Crippen LogP contribution in [0, 0.1) is 0 Å². The van der Waals surface area contributed by atoms with Gasteiger partial charge in [0.05, 0.1) is 18.6 Å². The summed E-state index contributed by atoms with van der Waals surface area (Å²) >= 11 is 0. The number of rotatable bonds is 4. The lowest BCUT2D eigenvalue weighted by Crippen LogP contribution is -2.44. The van der Waals surface area contributed by atoms with Crippen LogP contribution in [0.4, 0.5) is 0 Å². The Labute approximate surface area is 101 Å². The minimum Gasteiger partial charge on any atom is -0.378 e. The molecule has 0 aliphatic carbocycles. The molecule has 1 fully saturated rings. The number of aromatic nitrogens is 1. The summed E-state index contributed by atoms with van der Waals surface area (Å²) in [7, 11) is 1.66. The molecule has 0 bridgehead atoms. The molecule has 0 aromatic carbocycles. The molecule has 0 saturated carbocycles. The van der Waals surface area contributed by atoms with E-state index in [1.54, 1.807) is 19.5 Å². The lowest BCUT2D eigenvalue weighted by Gasteiger charge is -2.18. The van der Waals surface area contributed by atoms with Gasteiger partial charge in [-0.3, -0.25) is 9.78 Å². The van der Waals surface area contributed by atoms with Crippen molar-refractivity contribution in [3.8, 4) is 0 Å². The number of nitrogens with one attached hydrogen (secondary N) is 2. The summed E-state index contributed by atoms with van der Waals surface area (Å²) in [5.74, 6) is 0.00810. The Morgan fingerprint density at radius 1 is 1.65 bits per heavy atom. The standard InChI is InChI=1S/C12H17N3O2/c1-17-11-8-14-7-10(11)15-12(16)5-9-3-2-4-13-6-9/h2-4,6,10-11,14H,5,7-8H2,1H3,(H,15,16)/t10?,11-/m0/s1. The van der Waals surface area contributed by atoms with Crippen LogP contribution in [0.2, 0.25) is 0 Å². The van der Waals surface area contributed by atoms with Gasteiger partial charge in [0.1, 0.15) is 0 Å². The van der Waals surface area contributed by atoms with Crippen molar-refractivity contribution >= 4 is 5.91 Å². The molecular formula is C12H17N3O2. The Kier molecular flexibility index (Phi) is 4.06. The minimum atomic E-state index is 0.00810. The monoisotopic (exact) mass is 235 g/mol. The van der Waals surface area contributed by atoms with E-state index >= 15 is 0 Å². The highest BCUT2D eigenvalue weighted by Crippen LogP contribution is 2.04. The SMILES string of the molecule is CO[C@H]1CNCC1NC(=O)Cc1cccnc1. The maximum atomic E-state index is 11.8. The van der Waals surface area contributed by atoms with E-state index in [1.165, 1.54) is 0 Å². The van der Waals surface area contributed by atoms with E-state index in [1.807, 2.05) is 12.1 Å². The highest BCUT2D eigenvalue weighted by molar-refractivity contribution is 5.78. The first kappa shape index (κ1) is 12.0. The molecule has 92 valence electrons. The van der Waals surface area contributed by atoms with Crippen LogP contribution in [0.5, 0.6) is 0 Å². The molecule has 5 heteroatoms. The van der Waals surface area contributed by atoms with Crippen molar-refractivity contribution in [3.63, 3.8) is 0 Å². The molecule has 1 amide bonds. The van der Waals surface area contributed by atoms with E-state index < -0.39 is 0 Å². The molecule has 0 spiro atoms. The fourth-order valence-corrected chi connectivity index (χ4v) is 1.99. The van der Waals surface area contributed by atoms with Crippen molar-refractivity contribution in [3.05, 3.63) is 30.1 Å². The van der Waals surface area contributed by atoms with Gasteiger partial charge >= 0.3 is 0 Å². The number of ether oxygens (including phenoxy) is 1. The number of amides is 1. The first-order chi connectivity index (χ1) is 8.29. The number of methoxy groups -OCH3 is 1. The van der Waals surface area contributed by atoms with Gasteiger partial charge in [0, 0.05) is 32.6 Å². The molecule has 1 aromatic heterocycles. The van der Waals surface area contributed by atoms with Crippen LogP contribution in [0.1, 0.15) is 5.56 Å². The molecule has 2 atom stereocenters. The lowest BCUT2D eigenvalue weighted by molar-refractivity contribution is -0.121. The Hall–Kier alpha value is -1.46. The van der Waals surface area contributed by atoms with E-state index in [0.717, 1.165) is 18.7 Å². The summed E-state index contributed by atoms with van der Waals surface area (Å²) in [6.07, 6.45) is 3.83. The van der Waals surface area contributed by atoms with E-state index in [2.05, 4.69) is 15.6 Å². The fraction of sp³-hybridized carbons (Fsp3) is 0.500. The van der Waals surface area contributed by atoms with Crippen molar-refractivity contribution in [1.29, 1.82) is 0 Å². The van der Waals surface area contributed by atoms with Crippen LogP contribution in [0.15, 0.2) is 24.5 Å². The minimum absolute atomic E-state index is 0.00810. The van der Waals surface area contributed by atoms with E-state index in [-0.39, 0.29) is 18.1 Å². The highest BCUT2D eigenvalue weighted by atomic mass is 16.5. The second-order valence-corrected chi connectivity index (χ2v) is 4.14. The van der Waals surface area contributed by atoms with Crippen LogP contribution in [0.25, 0.3) is 0 Å². The maximum Gasteiger partial charge on any atom is 0.224 e. The fourth-order valence-electron chi connectivity index (χ4n) is 1.99. The summed E-state index contributed by atoms with van der Waals surface area (Å²) in [6.45, 7) is 1.55. The summed E-state index contributed by atoms with van der Waals surface area (Å²) in [6, 6.07) is 3.79. The predicted octanol–water partition coefficient (Wildman–Crippen LogP) is -0.273. The normalized spacial score (nSPS) is 23.6. The lowest BCUT2D eigenvalue weighted by atomic mass is 10.1. The molecule has 0 radical (unpaired) electrons. The number of hydrogen-bond acceptors (Lipinski definition) is 4. The quantitative estimate of drug-likeness (QED) is 0.754. The van der Waals surface area contributed by atoms with Gasteiger partial charge in [-0.05, 0) is 11.6 Å². The zero-order chi connectivity index (χ0) is 12.1. The van der Waals surface area contributed by atoms with Crippen LogP contribution in [0.3, 0.4) is 0 Å². The Bertz CT molecular complexity index is 369. The molecule has 1 saturated heterocycles. The molecule has 2 rings (SSSR count). The highest BCUT2D eigenvalue weighted by Gasteiger charge is 2.27. The third-order valence-corrected chi connectivity index (χ3v) is 2.90. The molecule has 1 aliphatic rings. The molecule has 2 heterocycles. The number of hydrogen-bond donors (Lipinski definition) is 2. The summed E-state index contributed by atoms with van der Waals surface area (Å²) in [5.41, 5.74) is 0.921. The van der Waals surface area contributed by atoms with Gasteiger partial charge in [0.25, 0.3) is 0 Å². The molecule has 1 unspecified atom stereocenters. The van der Waals surface area contributed by atoms with Crippen LogP contribution >= 0.6 is 0 Å². The topological polar surface area (TPSA) is 63.2 Å². The zero-order valence-corrected chi connectivity index (χ0v) is 9.85. The van der Waals surface area contributed by atoms with Crippen molar-refractivity contribution in [2.45, 2.75) is 18.6 Å². The van der Waals surface area contributed by atoms with E-state index in [9.17, 15) is 4.79 Å². The van der Waals surface area contributed by atoms with E-state index in [0.29, 0.717) is 6.42 Å². The van der Waals surface area contributed by atoms with Crippen molar-refractivity contribution in [1.82, 2.24) is 15.6 Å². The third kappa shape index (κ3) is 3.25. The van der Waals surface area contributed by atoms with Gasteiger partial charge in [0.2, 0.25) is 5.91 Å². The van der Waals surface area contributed by atoms with Crippen molar-refractivity contribution in [2.24, 2.45) is 0 Å². The Balaban J connectivity index is 1.85. The summed E-state index contributed by atoms with van der Waals surface area (Å²) < 4.78 is 5.29.